The van der Waals surface area contributed by atoms with E-state index < -0.39 is 11.5 Å². The number of carbonyl (C=O) groups excluding carboxylic acids is 1. The average molecular weight is 386 g/mol. The van der Waals surface area contributed by atoms with Gasteiger partial charge >= 0.3 is 0 Å². The van der Waals surface area contributed by atoms with Gasteiger partial charge in [-0.25, -0.2) is 4.98 Å². The fraction of sp³-hybridized carbons (Fsp3) is 0.667. The van der Waals surface area contributed by atoms with Crippen LogP contribution in [0.1, 0.15) is 87.7 Å². The Labute approximate surface area is 165 Å². The minimum atomic E-state index is -0.543. The van der Waals surface area contributed by atoms with Crippen molar-refractivity contribution in [2.45, 2.75) is 89.9 Å². The molecular weight excluding hydrogens is 356 g/mol. The molecule has 7 nitrogen and oxygen atoms in total. The van der Waals surface area contributed by atoms with Gasteiger partial charge in [0.15, 0.2) is 5.82 Å². The van der Waals surface area contributed by atoms with Crippen molar-refractivity contribution in [3.63, 3.8) is 0 Å². The first-order valence-corrected chi connectivity index (χ1v) is 10.4. The minimum absolute atomic E-state index is 0.0182. The summed E-state index contributed by atoms with van der Waals surface area (Å²) >= 11 is 0. The fourth-order valence-corrected chi connectivity index (χ4v) is 3.85. The van der Waals surface area contributed by atoms with Crippen molar-refractivity contribution >= 4 is 22.8 Å². The van der Waals surface area contributed by atoms with Gasteiger partial charge in [0.2, 0.25) is 5.71 Å². The summed E-state index contributed by atoms with van der Waals surface area (Å²) in [4.78, 5) is 21.7. The summed E-state index contributed by atoms with van der Waals surface area (Å²) in [6.45, 7) is 8.15. The van der Waals surface area contributed by atoms with Crippen molar-refractivity contribution in [3.05, 3.63) is 17.1 Å². The summed E-state index contributed by atoms with van der Waals surface area (Å²) in [5.41, 5.74) is 5.83. The van der Waals surface area contributed by atoms with Gasteiger partial charge in [0.1, 0.15) is 17.2 Å². The zero-order valence-corrected chi connectivity index (χ0v) is 17.2. The SMILES string of the molecule is CCCC(CC)(OC1CC1)c1nc(NC2(C)CC2)c2c(C(N)=O)c(C)oc2n1. The Balaban J connectivity index is 1.90. The first kappa shape index (κ1) is 19.2. The Hall–Kier alpha value is -2.15. The Morgan fingerprint density at radius 2 is 2.07 bits per heavy atom. The summed E-state index contributed by atoms with van der Waals surface area (Å²) in [7, 11) is 0. The number of hydrogen-bond acceptors (Lipinski definition) is 6. The van der Waals surface area contributed by atoms with Gasteiger partial charge in [0.25, 0.3) is 5.91 Å². The lowest BCUT2D eigenvalue weighted by Crippen LogP contribution is -2.33. The minimum Gasteiger partial charge on any atom is -0.442 e. The number of amides is 1. The molecule has 0 saturated heterocycles. The van der Waals surface area contributed by atoms with Crippen LogP contribution in [0.5, 0.6) is 0 Å². The van der Waals surface area contributed by atoms with E-state index in [4.69, 9.17) is 24.9 Å². The monoisotopic (exact) mass is 386 g/mol. The van der Waals surface area contributed by atoms with Gasteiger partial charge in [0.05, 0.1) is 17.1 Å². The summed E-state index contributed by atoms with van der Waals surface area (Å²) in [6, 6.07) is 0. The highest BCUT2D eigenvalue weighted by molar-refractivity contribution is 6.09. The summed E-state index contributed by atoms with van der Waals surface area (Å²) in [5.74, 6) is 1.20. The Morgan fingerprint density at radius 1 is 1.36 bits per heavy atom. The first-order valence-electron chi connectivity index (χ1n) is 10.4. The van der Waals surface area contributed by atoms with Gasteiger partial charge in [-0.15, -0.1) is 0 Å². The molecule has 1 atom stereocenters. The smallest absolute Gasteiger partial charge is 0.253 e. The third kappa shape index (κ3) is 3.36. The van der Waals surface area contributed by atoms with Gasteiger partial charge < -0.3 is 20.2 Å². The third-order valence-electron chi connectivity index (χ3n) is 5.94. The van der Waals surface area contributed by atoms with Crippen molar-refractivity contribution in [2.75, 3.05) is 5.32 Å². The van der Waals surface area contributed by atoms with Crippen LogP contribution in [0.3, 0.4) is 0 Å². The Bertz CT molecular complexity index is 914. The third-order valence-corrected chi connectivity index (χ3v) is 5.94. The maximum Gasteiger partial charge on any atom is 0.253 e. The molecule has 28 heavy (non-hydrogen) atoms. The number of fused-ring (bicyclic) bond motifs is 1. The molecule has 0 aromatic carbocycles. The van der Waals surface area contributed by atoms with Crippen LogP contribution < -0.4 is 11.1 Å². The number of ether oxygens (including phenoxy) is 1. The molecule has 2 aromatic heterocycles. The van der Waals surface area contributed by atoms with Crippen molar-refractivity contribution in [1.82, 2.24) is 9.97 Å². The van der Waals surface area contributed by atoms with Gasteiger partial charge in [-0.2, -0.15) is 4.98 Å². The molecule has 0 spiro atoms. The zero-order chi connectivity index (χ0) is 20.1. The van der Waals surface area contributed by atoms with E-state index in [2.05, 4.69) is 26.1 Å². The molecule has 0 radical (unpaired) electrons. The highest BCUT2D eigenvalue weighted by Crippen LogP contribution is 2.44. The number of aryl methyl sites for hydroxylation is 1. The molecule has 2 heterocycles. The number of primary amides is 1. The number of nitrogens with zero attached hydrogens (tertiary/aromatic N) is 2. The van der Waals surface area contributed by atoms with Crippen molar-refractivity contribution in [3.8, 4) is 0 Å². The molecule has 1 amide bonds. The topological polar surface area (TPSA) is 103 Å². The van der Waals surface area contributed by atoms with Crippen LogP contribution >= 0.6 is 0 Å². The van der Waals surface area contributed by atoms with Crippen LogP contribution in [-0.4, -0.2) is 27.5 Å². The van der Waals surface area contributed by atoms with Crippen molar-refractivity contribution in [1.29, 1.82) is 0 Å². The maximum atomic E-state index is 12.1. The predicted molar refractivity (Wildman–Crippen MR) is 107 cm³/mol. The summed E-state index contributed by atoms with van der Waals surface area (Å²) in [5, 5.41) is 4.10. The molecule has 0 bridgehead atoms. The number of rotatable bonds is 9. The largest absolute Gasteiger partial charge is 0.442 e. The van der Waals surface area contributed by atoms with Gasteiger partial charge in [-0.1, -0.05) is 20.3 Å². The number of carbonyl (C=O) groups is 1. The molecule has 2 aliphatic rings. The molecule has 7 heteroatoms. The van der Waals surface area contributed by atoms with E-state index in [1.807, 2.05) is 0 Å². The second kappa shape index (κ2) is 6.72. The van der Waals surface area contributed by atoms with Crippen LogP contribution in [0.25, 0.3) is 11.1 Å². The van der Waals surface area contributed by atoms with E-state index in [0.717, 1.165) is 44.9 Å². The molecule has 3 N–H and O–H groups in total. The number of nitrogens with two attached hydrogens (primary N) is 1. The lowest BCUT2D eigenvalue weighted by Gasteiger charge is -2.32. The van der Waals surface area contributed by atoms with Crippen LogP contribution in [0.2, 0.25) is 0 Å². The van der Waals surface area contributed by atoms with E-state index in [1.54, 1.807) is 6.92 Å². The van der Waals surface area contributed by atoms with Gasteiger partial charge in [-0.05, 0) is 52.4 Å². The molecule has 4 rings (SSSR count). The molecule has 2 aromatic rings. The molecular formula is C21H30N4O3. The van der Waals surface area contributed by atoms with E-state index in [1.165, 1.54) is 0 Å². The second-order valence-corrected chi connectivity index (χ2v) is 8.57. The van der Waals surface area contributed by atoms with Gasteiger partial charge in [-0.3, -0.25) is 4.79 Å². The highest BCUT2D eigenvalue weighted by atomic mass is 16.5. The van der Waals surface area contributed by atoms with Crippen LogP contribution in [0, 0.1) is 6.92 Å². The number of nitrogens with one attached hydrogen (secondary N) is 1. The average Bonchev–Trinajstić information content (AvgIpc) is 3.55. The molecule has 0 aliphatic heterocycles. The fourth-order valence-electron chi connectivity index (χ4n) is 3.85. The van der Waals surface area contributed by atoms with E-state index in [9.17, 15) is 4.79 Å². The Morgan fingerprint density at radius 3 is 2.61 bits per heavy atom. The van der Waals surface area contributed by atoms with Crippen molar-refractivity contribution < 1.29 is 13.9 Å². The van der Waals surface area contributed by atoms with Crippen molar-refractivity contribution in [2.24, 2.45) is 5.73 Å². The van der Waals surface area contributed by atoms with Crippen LogP contribution in [-0.2, 0) is 10.3 Å². The molecule has 1 unspecified atom stereocenters. The van der Waals surface area contributed by atoms with Gasteiger partial charge in [0, 0.05) is 5.54 Å². The first-order chi connectivity index (χ1) is 13.3. The number of hydrogen-bond donors (Lipinski definition) is 2. The lowest BCUT2D eigenvalue weighted by atomic mass is 9.93. The summed E-state index contributed by atoms with van der Waals surface area (Å²) < 4.78 is 12.3. The molecule has 2 saturated carbocycles. The maximum absolute atomic E-state index is 12.1. The molecule has 152 valence electrons. The lowest BCUT2D eigenvalue weighted by molar-refractivity contribution is -0.0776. The normalized spacial score (nSPS) is 20.1. The van der Waals surface area contributed by atoms with Crippen LogP contribution in [0.4, 0.5) is 5.82 Å². The van der Waals surface area contributed by atoms with E-state index >= 15 is 0 Å². The number of furan rings is 1. The standard InChI is InChI=1S/C21H30N4O3/c1-5-9-21(6-2,28-13-7-8-13)19-23-17(25-20(4)10-11-20)15-14(16(22)26)12(3)27-18(15)24-19/h13H,5-11H2,1-4H3,(H2,22,26)(H,23,24,25). The quantitative estimate of drug-likeness (QED) is 0.670. The van der Waals surface area contributed by atoms with E-state index in [-0.39, 0.29) is 11.6 Å². The summed E-state index contributed by atoms with van der Waals surface area (Å²) in [6.07, 6.45) is 7.15. The second-order valence-electron chi connectivity index (χ2n) is 8.57. The number of anilines is 1. The molecule has 2 aliphatic carbocycles. The predicted octanol–water partition coefficient (Wildman–Crippen LogP) is 4.18. The number of aromatic nitrogens is 2. The zero-order valence-electron chi connectivity index (χ0n) is 17.2. The highest BCUT2D eigenvalue weighted by Gasteiger charge is 2.42. The Kier molecular flexibility index (Phi) is 4.61. The van der Waals surface area contributed by atoms with Crippen LogP contribution in [0.15, 0.2) is 4.42 Å². The molecule has 2 fully saturated rings. The van der Waals surface area contributed by atoms with E-state index in [0.29, 0.717) is 34.1 Å².